The van der Waals surface area contributed by atoms with Crippen molar-refractivity contribution < 1.29 is 4.74 Å². The number of nitrogens with zero attached hydrogens (tertiary/aromatic N) is 6. The van der Waals surface area contributed by atoms with Gasteiger partial charge in [0.25, 0.3) is 0 Å². The molecule has 9 nitrogen and oxygen atoms in total. The summed E-state index contributed by atoms with van der Waals surface area (Å²) in [6.07, 6.45) is 1.72. The Labute approximate surface area is 205 Å². The van der Waals surface area contributed by atoms with Crippen molar-refractivity contribution >= 4 is 28.6 Å². The first-order valence-corrected chi connectivity index (χ1v) is 12.0. The van der Waals surface area contributed by atoms with Crippen molar-refractivity contribution in [2.45, 2.75) is 13.8 Å². The van der Waals surface area contributed by atoms with E-state index in [4.69, 9.17) is 15.5 Å². The quantitative estimate of drug-likeness (QED) is 0.423. The van der Waals surface area contributed by atoms with Crippen molar-refractivity contribution in [2.24, 2.45) is 0 Å². The summed E-state index contributed by atoms with van der Waals surface area (Å²) in [5.41, 5.74) is 11.1. The minimum atomic E-state index is 0.387. The molecule has 0 atom stereocenters. The molecule has 1 aliphatic heterocycles. The summed E-state index contributed by atoms with van der Waals surface area (Å²) in [5.74, 6) is 2.40. The molecule has 0 aliphatic carbocycles. The summed E-state index contributed by atoms with van der Waals surface area (Å²) in [7, 11) is 2.17. The Hall–Kier alpha value is -3.69. The monoisotopic (exact) mass is 472 g/mol. The zero-order valence-corrected chi connectivity index (χ0v) is 20.5. The van der Waals surface area contributed by atoms with Crippen LogP contribution in [0.25, 0.3) is 16.9 Å². The van der Waals surface area contributed by atoms with Gasteiger partial charge >= 0.3 is 0 Å². The molecule has 0 unspecified atom stereocenters. The van der Waals surface area contributed by atoms with Gasteiger partial charge in [-0.2, -0.15) is 4.98 Å². The molecule has 0 saturated carbocycles. The number of hydrogen-bond acceptors (Lipinski definition) is 8. The minimum absolute atomic E-state index is 0.387. The molecule has 2 aromatic carbocycles. The Morgan fingerprint density at radius 1 is 1.03 bits per heavy atom. The number of ether oxygens (including phenoxy) is 1. The number of benzene rings is 2. The first-order chi connectivity index (χ1) is 17.0. The summed E-state index contributed by atoms with van der Waals surface area (Å²) >= 11 is 0. The first-order valence-electron chi connectivity index (χ1n) is 12.0. The number of likely N-dealkylation sites (N-methyl/N-ethyl adjacent to an activating group) is 1. The van der Waals surface area contributed by atoms with Crippen molar-refractivity contribution in [3.8, 4) is 11.6 Å². The van der Waals surface area contributed by atoms with E-state index >= 15 is 0 Å². The lowest BCUT2D eigenvalue weighted by Crippen LogP contribution is -2.45. The predicted molar refractivity (Wildman–Crippen MR) is 140 cm³/mol. The zero-order valence-electron chi connectivity index (χ0n) is 20.5. The summed E-state index contributed by atoms with van der Waals surface area (Å²) in [6, 6.07) is 13.7. The fourth-order valence-electron chi connectivity index (χ4n) is 4.35. The zero-order chi connectivity index (χ0) is 24.4. The van der Waals surface area contributed by atoms with Crippen molar-refractivity contribution in [2.75, 3.05) is 57.4 Å². The molecular weight excluding hydrogens is 440 g/mol. The molecule has 9 heteroatoms. The first kappa shape index (κ1) is 23.1. The van der Waals surface area contributed by atoms with Crippen LogP contribution < -0.4 is 15.8 Å². The van der Waals surface area contributed by atoms with E-state index in [1.54, 1.807) is 6.20 Å². The standard InChI is InChI=1S/C26H32N8O/c1-18-16-20(17-23(19(18)2)35-15-14-33-12-10-32(3)11-13-33)29-26-28-9-8-24(31-26)34-22-7-5-4-6-21(22)30-25(34)27/h4-9,16-17H,10-15H2,1-3H3,(H2,27,30)(H,28,29,31). The molecule has 4 aromatic rings. The molecule has 0 amide bonds. The van der Waals surface area contributed by atoms with Crippen LogP contribution in [0, 0.1) is 13.8 Å². The van der Waals surface area contributed by atoms with Gasteiger partial charge in [-0.25, -0.2) is 9.97 Å². The summed E-state index contributed by atoms with van der Waals surface area (Å²) < 4.78 is 8.04. The van der Waals surface area contributed by atoms with Gasteiger partial charge in [0.2, 0.25) is 11.9 Å². The van der Waals surface area contributed by atoms with Gasteiger partial charge in [-0.3, -0.25) is 9.47 Å². The van der Waals surface area contributed by atoms with Crippen LogP contribution >= 0.6 is 0 Å². The number of nitrogen functional groups attached to an aromatic ring is 1. The van der Waals surface area contributed by atoms with Crippen LogP contribution in [0.4, 0.5) is 17.6 Å². The highest BCUT2D eigenvalue weighted by Gasteiger charge is 2.15. The van der Waals surface area contributed by atoms with E-state index in [1.807, 2.05) is 41.0 Å². The van der Waals surface area contributed by atoms with E-state index in [9.17, 15) is 0 Å². The number of piperazine rings is 1. The van der Waals surface area contributed by atoms with Crippen LogP contribution in [0.3, 0.4) is 0 Å². The number of anilines is 3. The van der Waals surface area contributed by atoms with E-state index in [0.717, 1.165) is 66.3 Å². The smallest absolute Gasteiger partial charge is 0.229 e. The topological polar surface area (TPSA) is 97.4 Å². The van der Waals surface area contributed by atoms with Crippen LogP contribution in [0.1, 0.15) is 11.1 Å². The van der Waals surface area contributed by atoms with Gasteiger partial charge in [0.05, 0.1) is 11.0 Å². The second kappa shape index (κ2) is 9.89. The van der Waals surface area contributed by atoms with Gasteiger partial charge in [0, 0.05) is 56.7 Å². The number of hydrogen-bond donors (Lipinski definition) is 2. The van der Waals surface area contributed by atoms with Crippen LogP contribution in [0.15, 0.2) is 48.7 Å². The van der Waals surface area contributed by atoms with Gasteiger partial charge in [-0.15, -0.1) is 0 Å². The third-order valence-electron chi connectivity index (χ3n) is 6.59. The third-order valence-corrected chi connectivity index (χ3v) is 6.59. The summed E-state index contributed by atoms with van der Waals surface area (Å²) in [6.45, 7) is 10.2. The Bertz CT molecular complexity index is 1330. The van der Waals surface area contributed by atoms with Crippen LogP contribution in [-0.4, -0.2) is 75.7 Å². The average Bonchev–Trinajstić information content (AvgIpc) is 3.19. The fraction of sp³-hybridized carbons (Fsp3) is 0.346. The van der Waals surface area contributed by atoms with Crippen LogP contribution in [-0.2, 0) is 0 Å². The molecule has 182 valence electrons. The Balaban J connectivity index is 1.32. The van der Waals surface area contributed by atoms with E-state index in [1.165, 1.54) is 0 Å². The van der Waals surface area contributed by atoms with Crippen molar-refractivity contribution in [1.82, 2.24) is 29.3 Å². The molecule has 1 fully saturated rings. The van der Waals surface area contributed by atoms with E-state index in [2.05, 4.69) is 52.0 Å². The van der Waals surface area contributed by atoms with Gasteiger partial charge < -0.3 is 20.7 Å². The molecule has 0 spiro atoms. The lowest BCUT2D eigenvalue weighted by Gasteiger charge is -2.32. The number of aryl methyl sites for hydroxylation is 1. The van der Waals surface area contributed by atoms with Crippen LogP contribution in [0.5, 0.6) is 5.75 Å². The molecule has 2 aromatic heterocycles. The summed E-state index contributed by atoms with van der Waals surface area (Å²) in [4.78, 5) is 18.4. The van der Waals surface area contributed by atoms with Gasteiger partial charge in [0.1, 0.15) is 18.2 Å². The van der Waals surface area contributed by atoms with Crippen molar-refractivity contribution in [3.63, 3.8) is 0 Å². The fourth-order valence-corrected chi connectivity index (χ4v) is 4.35. The number of nitrogens with two attached hydrogens (primary N) is 1. The largest absolute Gasteiger partial charge is 0.492 e. The highest BCUT2D eigenvalue weighted by atomic mass is 16.5. The van der Waals surface area contributed by atoms with Gasteiger partial charge in [-0.05, 0) is 50.2 Å². The number of fused-ring (bicyclic) bond motifs is 1. The molecule has 1 saturated heterocycles. The maximum Gasteiger partial charge on any atom is 0.229 e. The molecule has 5 rings (SSSR count). The lowest BCUT2D eigenvalue weighted by atomic mass is 10.1. The highest BCUT2D eigenvalue weighted by molar-refractivity contribution is 5.80. The molecule has 35 heavy (non-hydrogen) atoms. The Morgan fingerprint density at radius 2 is 1.83 bits per heavy atom. The van der Waals surface area contributed by atoms with Gasteiger partial charge in [0.15, 0.2) is 0 Å². The van der Waals surface area contributed by atoms with E-state index in [0.29, 0.717) is 24.3 Å². The maximum absolute atomic E-state index is 6.21. The van der Waals surface area contributed by atoms with Crippen molar-refractivity contribution in [3.05, 3.63) is 59.8 Å². The molecule has 1 aliphatic rings. The normalized spacial score (nSPS) is 14.9. The average molecular weight is 473 g/mol. The molecule has 3 N–H and O–H groups in total. The molecular formula is C26H32N8O. The highest BCUT2D eigenvalue weighted by Crippen LogP contribution is 2.28. The number of para-hydroxylation sites is 2. The number of nitrogens with one attached hydrogen (secondary N) is 1. The predicted octanol–water partition coefficient (Wildman–Crippen LogP) is 3.38. The van der Waals surface area contributed by atoms with E-state index in [-0.39, 0.29) is 0 Å². The number of rotatable bonds is 7. The maximum atomic E-state index is 6.21. The number of imidazole rings is 1. The second-order valence-corrected chi connectivity index (χ2v) is 9.07. The van der Waals surface area contributed by atoms with Crippen molar-refractivity contribution in [1.29, 1.82) is 0 Å². The van der Waals surface area contributed by atoms with Gasteiger partial charge in [-0.1, -0.05) is 12.1 Å². The van der Waals surface area contributed by atoms with E-state index < -0.39 is 0 Å². The molecule has 3 heterocycles. The third kappa shape index (κ3) is 5.06. The minimum Gasteiger partial charge on any atom is -0.492 e. The molecule has 0 radical (unpaired) electrons. The molecule has 0 bridgehead atoms. The Kier molecular flexibility index (Phi) is 6.52. The SMILES string of the molecule is Cc1cc(Nc2nccc(-n3c(N)nc4ccccc43)n2)cc(OCCN2CCN(C)CC2)c1C. The lowest BCUT2D eigenvalue weighted by molar-refractivity contribution is 0.133. The number of aromatic nitrogens is 4. The van der Waals surface area contributed by atoms with Crippen LogP contribution in [0.2, 0.25) is 0 Å². The summed E-state index contributed by atoms with van der Waals surface area (Å²) in [5, 5.41) is 3.33. The second-order valence-electron chi connectivity index (χ2n) is 9.07. The Morgan fingerprint density at radius 3 is 2.66 bits per heavy atom.